The highest BCUT2D eigenvalue weighted by Gasteiger charge is 2.13. The van der Waals surface area contributed by atoms with E-state index >= 15 is 0 Å². The summed E-state index contributed by atoms with van der Waals surface area (Å²) >= 11 is 5.94. The number of hydrogen-bond acceptors (Lipinski definition) is 6. The van der Waals surface area contributed by atoms with E-state index in [4.69, 9.17) is 21.6 Å². The standard InChI is InChI=1S/C25H17ClN4O4/c1-15-28-22-5-3-2-4-20(22)24(32)30(15)19-10-7-16(8-11-19)25(33)34-14-23(31)29-18-9-6-17(13-27)21(26)12-18/h2-12H,14H2,1H3,(H,29,31). The number of nitrogens with zero attached hydrogens (tertiary/aromatic N) is 3. The Bertz CT molecular complexity index is 1520. The van der Waals surface area contributed by atoms with Crippen LogP contribution in [-0.2, 0) is 9.53 Å². The predicted octanol–water partition coefficient (Wildman–Crippen LogP) is 4.01. The number of aromatic nitrogens is 2. The lowest BCUT2D eigenvalue weighted by Gasteiger charge is -2.11. The second kappa shape index (κ2) is 9.57. The first-order valence-corrected chi connectivity index (χ1v) is 10.5. The summed E-state index contributed by atoms with van der Waals surface area (Å²) in [6.45, 7) is 1.22. The van der Waals surface area contributed by atoms with E-state index in [1.807, 2.05) is 12.1 Å². The number of nitriles is 1. The van der Waals surface area contributed by atoms with Gasteiger partial charge in [0.05, 0.1) is 32.7 Å². The van der Waals surface area contributed by atoms with Crippen molar-refractivity contribution < 1.29 is 14.3 Å². The first-order chi connectivity index (χ1) is 16.4. The van der Waals surface area contributed by atoms with Gasteiger partial charge in [0.15, 0.2) is 6.61 Å². The van der Waals surface area contributed by atoms with Crippen molar-refractivity contribution in [2.45, 2.75) is 6.92 Å². The largest absolute Gasteiger partial charge is 0.452 e. The molecule has 3 aromatic carbocycles. The van der Waals surface area contributed by atoms with Crippen molar-refractivity contribution in [1.29, 1.82) is 5.26 Å². The molecule has 0 radical (unpaired) electrons. The molecule has 8 nitrogen and oxygen atoms in total. The van der Waals surface area contributed by atoms with Gasteiger partial charge in [-0.05, 0) is 61.5 Å². The summed E-state index contributed by atoms with van der Waals surface area (Å²) in [5.74, 6) is -0.742. The fourth-order valence-corrected chi connectivity index (χ4v) is 3.61. The van der Waals surface area contributed by atoms with Crippen LogP contribution in [0.2, 0.25) is 5.02 Å². The highest BCUT2D eigenvalue weighted by molar-refractivity contribution is 6.32. The molecule has 0 unspecified atom stereocenters. The molecule has 9 heteroatoms. The Hall–Kier alpha value is -4.48. The van der Waals surface area contributed by atoms with Crippen LogP contribution in [0.4, 0.5) is 5.69 Å². The summed E-state index contributed by atoms with van der Waals surface area (Å²) in [7, 11) is 0. The summed E-state index contributed by atoms with van der Waals surface area (Å²) in [6.07, 6.45) is 0. The number of halogens is 1. The number of rotatable bonds is 5. The van der Waals surface area contributed by atoms with Gasteiger partial charge in [0, 0.05) is 5.69 Å². The maximum Gasteiger partial charge on any atom is 0.338 e. The number of benzene rings is 3. The molecule has 0 spiro atoms. The van der Waals surface area contributed by atoms with Crippen molar-refractivity contribution >= 4 is 40.1 Å². The van der Waals surface area contributed by atoms with Gasteiger partial charge >= 0.3 is 5.97 Å². The first-order valence-electron chi connectivity index (χ1n) is 10.1. The molecule has 1 amide bonds. The Balaban J connectivity index is 1.43. The van der Waals surface area contributed by atoms with Gasteiger partial charge in [0.2, 0.25) is 0 Å². The van der Waals surface area contributed by atoms with Crippen molar-refractivity contribution in [1.82, 2.24) is 9.55 Å². The lowest BCUT2D eigenvalue weighted by molar-refractivity contribution is -0.119. The van der Waals surface area contributed by atoms with Crippen LogP contribution in [0, 0.1) is 18.3 Å². The maximum absolute atomic E-state index is 12.9. The Morgan fingerprint density at radius 2 is 1.85 bits per heavy atom. The molecule has 0 aliphatic carbocycles. The molecule has 0 saturated heterocycles. The average molecular weight is 473 g/mol. The Kier molecular flexibility index (Phi) is 6.39. The maximum atomic E-state index is 12.9. The molecule has 0 saturated carbocycles. The minimum Gasteiger partial charge on any atom is -0.452 e. The second-order valence-electron chi connectivity index (χ2n) is 7.29. The van der Waals surface area contributed by atoms with E-state index in [1.54, 1.807) is 37.3 Å². The molecule has 0 aliphatic rings. The van der Waals surface area contributed by atoms with E-state index < -0.39 is 18.5 Å². The number of nitrogens with one attached hydrogen (secondary N) is 1. The predicted molar refractivity (Wildman–Crippen MR) is 127 cm³/mol. The van der Waals surface area contributed by atoms with Crippen LogP contribution < -0.4 is 10.9 Å². The van der Waals surface area contributed by atoms with Crippen LogP contribution in [0.1, 0.15) is 21.7 Å². The average Bonchev–Trinajstić information content (AvgIpc) is 2.83. The number of fused-ring (bicyclic) bond motifs is 1. The summed E-state index contributed by atoms with van der Waals surface area (Å²) in [4.78, 5) is 41.8. The van der Waals surface area contributed by atoms with E-state index in [-0.39, 0.29) is 21.7 Å². The Morgan fingerprint density at radius 1 is 1.12 bits per heavy atom. The monoisotopic (exact) mass is 472 g/mol. The lowest BCUT2D eigenvalue weighted by Crippen LogP contribution is -2.22. The summed E-state index contributed by atoms with van der Waals surface area (Å²) in [5.41, 5.74) is 1.83. The third-order valence-electron chi connectivity index (χ3n) is 5.01. The minimum absolute atomic E-state index is 0.202. The van der Waals surface area contributed by atoms with E-state index in [0.29, 0.717) is 28.1 Å². The highest BCUT2D eigenvalue weighted by atomic mass is 35.5. The number of carbonyl (C=O) groups is 2. The normalized spacial score (nSPS) is 10.5. The molecule has 4 rings (SSSR count). The lowest BCUT2D eigenvalue weighted by atomic mass is 10.2. The van der Waals surface area contributed by atoms with Gasteiger partial charge in [0.25, 0.3) is 11.5 Å². The molecule has 1 heterocycles. The van der Waals surface area contributed by atoms with Gasteiger partial charge in [-0.1, -0.05) is 23.7 Å². The van der Waals surface area contributed by atoms with Crippen LogP contribution in [0.25, 0.3) is 16.6 Å². The number of aryl methyl sites for hydroxylation is 1. The quantitative estimate of drug-likeness (QED) is 0.439. The fraction of sp³-hybridized carbons (Fsp3) is 0.0800. The molecule has 0 bridgehead atoms. The van der Waals surface area contributed by atoms with Crippen molar-refractivity contribution in [2.75, 3.05) is 11.9 Å². The van der Waals surface area contributed by atoms with Crippen LogP contribution >= 0.6 is 11.6 Å². The van der Waals surface area contributed by atoms with E-state index in [9.17, 15) is 14.4 Å². The number of esters is 1. The Morgan fingerprint density at radius 3 is 2.56 bits per heavy atom. The van der Waals surface area contributed by atoms with Crippen molar-refractivity contribution in [3.05, 3.63) is 99.1 Å². The molecular weight excluding hydrogens is 456 g/mol. The van der Waals surface area contributed by atoms with Crippen molar-refractivity contribution in [3.8, 4) is 11.8 Å². The number of amides is 1. The number of ether oxygens (including phenoxy) is 1. The van der Waals surface area contributed by atoms with Gasteiger partial charge in [-0.15, -0.1) is 0 Å². The molecule has 0 atom stereocenters. The van der Waals surface area contributed by atoms with E-state index in [1.165, 1.54) is 34.9 Å². The van der Waals surface area contributed by atoms with Gasteiger partial charge in [-0.25, -0.2) is 9.78 Å². The van der Waals surface area contributed by atoms with Gasteiger partial charge in [0.1, 0.15) is 11.9 Å². The molecule has 4 aromatic rings. The van der Waals surface area contributed by atoms with Gasteiger partial charge in [-0.3, -0.25) is 14.2 Å². The molecule has 0 aliphatic heterocycles. The third kappa shape index (κ3) is 4.65. The summed E-state index contributed by atoms with van der Waals surface area (Å²) in [5, 5.41) is 12.1. The van der Waals surface area contributed by atoms with Crippen LogP contribution in [0.5, 0.6) is 0 Å². The zero-order valence-corrected chi connectivity index (χ0v) is 18.7. The number of anilines is 1. The molecule has 34 heavy (non-hydrogen) atoms. The minimum atomic E-state index is -0.694. The molecular formula is C25H17ClN4O4. The van der Waals surface area contributed by atoms with Gasteiger partial charge < -0.3 is 10.1 Å². The van der Waals surface area contributed by atoms with Crippen LogP contribution in [0.3, 0.4) is 0 Å². The van der Waals surface area contributed by atoms with Crippen LogP contribution in [-0.4, -0.2) is 28.0 Å². The third-order valence-corrected chi connectivity index (χ3v) is 5.32. The fourth-order valence-electron chi connectivity index (χ4n) is 3.39. The molecule has 168 valence electrons. The number of carbonyl (C=O) groups excluding carboxylic acids is 2. The second-order valence-corrected chi connectivity index (χ2v) is 7.70. The van der Waals surface area contributed by atoms with Crippen molar-refractivity contribution in [2.24, 2.45) is 0 Å². The summed E-state index contributed by atoms with van der Waals surface area (Å²) in [6, 6.07) is 19.7. The molecule has 1 N–H and O–H groups in total. The highest BCUT2D eigenvalue weighted by Crippen LogP contribution is 2.20. The topological polar surface area (TPSA) is 114 Å². The SMILES string of the molecule is Cc1nc2ccccc2c(=O)n1-c1ccc(C(=O)OCC(=O)Nc2ccc(C#N)c(Cl)c2)cc1. The summed E-state index contributed by atoms with van der Waals surface area (Å²) < 4.78 is 6.54. The van der Waals surface area contributed by atoms with Gasteiger partial charge in [-0.2, -0.15) is 5.26 Å². The zero-order chi connectivity index (χ0) is 24.2. The first kappa shape index (κ1) is 22.7. The molecule has 0 fully saturated rings. The number of para-hydroxylation sites is 1. The van der Waals surface area contributed by atoms with E-state index in [0.717, 1.165) is 0 Å². The smallest absolute Gasteiger partial charge is 0.338 e. The zero-order valence-electron chi connectivity index (χ0n) is 17.9. The Labute approximate surface area is 199 Å². The van der Waals surface area contributed by atoms with E-state index in [2.05, 4.69) is 10.3 Å². The molecule has 1 aromatic heterocycles. The number of hydrogen-bond donors (Lipinski definition) is 1. The van der Waals surface area contributed by atoms with Crippen LogP contribution in [0.15, 0.2) is 71.5 Å². The van der Waals surface area contributed by atoms with Crippen molar-refractivity contribution in [3.63, 3.8) is 0 Å².